The average molecular weight is 258 g/mol. The highest BCUT2D eigenvalue weighted by Gasteiger charge is 2.24. The minimum absolute atomic E-state index is 0.0306. The van der Waals surface area contributed by atoms with Gasteiger partial charge < -0.3 is 21.4 Å². The minimum atomic E-state index is -0.183. The molecule has 2 aromatic rings. The van der Waals surface area contributed by atoms with Crippen LogP contribution < -0.4 is 16.4 Å². The summed E-state index contributed by atoms with van der Waals surface area (Å²) in [4.78, 5) is 26.3. The van der Waals surface area contributed by atoms with Gasteiger partial charge in [0, 0.05) is 35.8 Å². The Bertz CT molecular complexity index is 662. The molecule has 5 N–H and O–H groups in total. The Labute approximate surface area is 109 Å². The lowest BCUT2D eigenvalue weighted by Gasteiger charge is -2.09. The fraction of sp³-hybridized carbons (Fsp3) is 0.231. The second-order valence-electron chi connectivity index (χ2n) is 4.69. The number of aromatic amines is 1. The summed E-state index contributed by atoms with van der Waals surface area (Å²) < 4.78 is 0. The molecule has 1 fully saturated rings. The van der Waals surface area contributed by atoms with E-state index in [-0.39, 0.29) is 17.9 Å². The molecule has 6 heteroatoms. The molecule has 1 aliphatic rings. The molecule has 2 amide bonds. The first-order valence-electron chi connectivity index (χ1n) is 6.07. The molecule has 0 spiro atoms. The van der Waals surface area contributed by atoms with E-state index in [1.807, 2.05) is 6.07 Å². The number of anilines is 1. The minimum Gasteiger partial charge on any atom is -0.399 e. The zero-order valence-corrected chi connectivity index (χ0v) is 10.2. The van der Waals surface area contributed by atoms with Gasteiger partial charge >= 0.3 is 0 Å². The number of nitrogens with two attached hydrogens (primary N) is 1. The molecule has 0 saturated carbocycles. The second kappa shape index (κ2) is 4.31. The molecule has 1 unspecified atom stereocenters. The van der Waals surface area contributed by atoms with Crippen molar-refractivity contribution in [3.63, 3.8) is 0 Å². The van der Waals surface area contributed by atoms with E-state index in [9.17, 15) is 9.59 Å². The zero-order valence-electron chi connectivity index (χ0n) is 10.2. The topological polar surface area (TPSA) is 100 Å². The van der Waals surface area contributed by atoms with Crippen LogP contribution in [-0.4, -0.2) is 29.4 Å². The standard InChI is InChI=1S/C13H14N4O2/c14-7-1-2-9-10(6-15-11(9)3-7)13(19)17-8-4-12(18)16-5-8/h1-3,6,8,15H,4-5,14H2,(H,16,18)(H,17,19). The number of amides is 2. The molecule has 6 nitrogen and oxygen atoms in total. The van der Waals surface area contributed by atoms with Gasteiger partial charge in [0.05, 0.1) is 11.6 Å². The predicted octanol–water partition coefficient (Wildman–Crippen LogP) is 0.368. The van der Waals surface area contributed by atoms with E-state index in [0.717, 1.165) is 10.9 Å². The zero-order chi connectivity index (χ0) is 13.4. The van der Waals surface area contributed by atoms with Crippen molar-refractivity contribution >= 4 is 28.4 Å². The van der Waals surface area contributed by atoms with Gasteiger partial charge in [-0.05, 0) is 18.2 Å². The first kappa shape index (κ1) is 11.6. The lowest BCUT2D eigenvalue weighted by molar-refractivity contribution is -0.119. The molecular weight excluding hydrogens is 244 g/mol. The number of rotatable bonds is 2. The van der Waals surface area contributed by atoms with Crippen molar-refractivity contribution in [3.8, 4) is 0 Å². The molecule has 0 radical (unpaired) electrons. The fourth-order valence-corrected chi connectivity index (χ4v) is 2.30. The maximum atomic E-state index is 12.2. The van der Waals surface area contributed by atoms with Crippen LogP contribution in [0.5, 0.6) is 0 Å². The van der Waals surface area contributed by atoms with E-state index >= 15 is 0 Å². The van der Waals surface area contributed by atoms with Gasteiger partial charge in [-0.3, -0.25) is 9.59 Å². The van der Waals surface area contributed by atoms with Crippen LogP contribution in [-0.2, 0) is 4.79 Å². The first-order chi connectivity index (χ1) is 9.13. The first-order valence-corrected chi connectivity index (χ1v) is 6.07. The lowest BCUT2D eigenvalue weighted by atomic mass is 10.1. The number of hydrogen-bond acceptors (Lipinski definition) is 3. The highest BCUT2D eigenvalue weighted by Crippen LogP contribution is 2.20. The van der Waals surface area contributed by atoms with E-state index in [0.29, 0.717) is 24.2 Å². The number of carbonyl (C=O) groups is 2. The third kappa shape index (κ3) is 2.12. The van der Waals surface area contributed by atoms with Gasteiger partial charge in [-0.25, -0.2) is 0 Å². The van der Waals surface area contributed by atoms with Crippen LogP contribution in [0.1, 0.15) is 16.8 Å². The Morgan fingerprint density at radius 3 is 3.00 bits per heavy atom. The van der Waals surface area contributed by atoms with Gasteiger partial charge in [0.25, 0.3) is 5.91 Å². The van der Waals surface area contributed by atoms with Crippen LogP contribution in [0, 0.1) is 0 Å². The van der Waals surface area contributed by atoms with Crippen molar-refractivity contribution in [2.75, 3.05) is 12.3 Å². The number of H-pyrrole nitrogens is 1. The molecule has 0 aliphatic carbocycles. The number of aromatic nitrogens is 1. The Morgan fingerprint density at radius 2 is 2.26 bits per heavy atom. The molecule has 1 aromatic carbocycles. The molecular formula is C13H14N4O2. The largest absolute Gasteiger partial charge is 0.399 e. The molecule has 98 valence electrons. The van der Waals surface area contributed by atoms with E-state index < -0.39 is 0 Å². The van der Waals surface area contributed by atoms with Crippen LogP contribution in [0.2, 0.25) is 0 Å². The monoisotopic (exact) mass is 258 g/mol. The normalized spacial score (nSPS) is 18.5. The van der Waals surface area contributed by atoms with Crippen LogP contribution in [0.25, 0.3) is 10.9 Å². The second-order valence-corrected chi connectivity index (χ2v) is 4.69. The van der Waals surface area contributed by atoms with Crippen LogP contribution in [0.3, 0.4) is 0 Å². The van der Waals surface area contributed by atoms with Gasteiger partial charge in [0.15, 0.2) is 0 Å². The molecule has 1 aromatic heterocycles. The highest BCUT2D eigenvalue weighted by atomic mass is 16.2. The van der Waals surface area contributed by atoms with Gasteiger partial charge in [-0.2, -0.15) is 0 Å². The van der Waals surface area contributed by atoms with E-state index in [2.05, 4.69) is 15.6 Å². The maximum absolute atomic E-state index is 12.2. The summed E-state index contributed by atoms with van der Waals surface area (Å²) in [5, 5.41) is 6.35. The molecule has 0 bridgehead atoms. The fourth-order valence-electron chi connectivity index (χ4n) is 2.30. The third-order valence-corrected chi connectivity index (χ3v) is 3.26. The number of carbonyl (C=O) groups excluding carboxylic acids is 2. The lowest BCUT2D eigenvalue weighted by Crippen LogP contribution is -2.36. The molecule has 1 aliphatic heterocycles. The van der Waals surface area contributed by atoms with Crippen LogP contribution >= 0.6 is 0 Å². The molecule has 3 rings (SSSR count). The smallest absolute Gasteiger partial charge is 0.253 e. The van der Waals surface area contributed by atoms with E-state index in [4.69, 9.17) is 5.73 Å². The molecule has 19 heavy (non-hydrogen) atoms. The quantitative estimate of drug-likeness (QED) is 0.585. The van der Waals surface area contributed by atoms with E-state index in [1.165, 1.54) is 0 Å². The Balaban J connectivity index is 1.83. The van der Waals surface area contributed by atoms with Crippen molar-refractivity contribution in [1.29, 1.82) is 0 Å². The molecule has 2 heterocycles. The van der Waals surface area contributed by atoms with Gasteiger partial charge in [0.1, 0.15) is 0 Å². The van der Waals surface area contributed by atoms with E-state index in [1.54, 1.807) is 18.3 Å². The number of nitrogens with one attached hydrogen (secondary N) is 3. The average Bonchev–Trinajstić information content (AvgIpc) is 2.95. The number of benzene rings is 1. The summed E-state index contributed by atoms with van der Waals surface area (Å²) in [5.74, 6) is -0.213. The highest BCUT2D eigenvalue weighted by molar-refractivity contribution is 6.07. The van der Waals surface area contributed by atoms with Gasteiger partial charge in [-0.1, -0.05) is 0 Å². The van der Waals surface area contributed by atoms with Crippen molar-refractivity contribution in [1.82, 2.24) is 15.6 Å². The van der Waals surface area contributed by atoms with Crippen LogP contribution in [0.4, 0.5) is 5.69 Å². The summed E-state index contributed by atoms with van der Waals surface area (Å²) in [6.45, 7) is 0.486. The number of nitrogen functional groups attached to an aromatic ring is 1. The number of hydrogen-bond donors (Lipinski definition) is 4. The van der Waals surface area contributed by atoms with Crippen LogP contribution in [0.15, 0.2) is 24.4 Å². The Morgan fingerprint density at radius 1 is 1.42 bits per heavy atom. The number of fused-ring (bicyclic) bond motifs is 1. The summed E-state index contributed by atoms with van der Waals surface area (Å²) in [7, 11) is 0. The third-order valence-electron chi connectivity index (χ3n) is 3.26. The van der Waals surface area contributed by atoms with Crippen molar-refractivity contribution in [2.24, 2.45) is 0 Å². The van der Waals surface area contributed by atoms with Crippen molar-refractivity contribution < 1.29 is 9.59 Å². The Hall–Kier alpha value is -2.50. The summed E-state index contributed by atoms with van der Waals surface area (Å²) in [5.41, 5.74) is 7.72. The van der Waals surface area contributed by atoms with Crippen molar-refractivity contribution in [3.05, 3.63) is 30.0 Å². The summed E-state index contributed by atoms with van der Waals surface area (Å²) in [6.07, 6.45) is 1.99. The maximum Gasteiger partial charge on any atom is 0.253 e. The molecule has 1 saturated heterocycles. The Kier molecular flexibility index (Phi) is 2.63. The SMILES string of the molecule is Nc1ccc2c(C(=O)NC3CNC(=O)C3)c[nH]c2c1. The van der Waals surface area contributed by atoms with Gasteiger partial charge in [-0.15, -0.1) is 0 Å². The molecule has 1 atom stereocenters. The summed E-state index contributed by atoms with van der Waals surface area (Å²) in [6, 6.07) is 5.22. The predicted molar refractivity (Wildman–Crippen MR) is 71.6 cm³/mol. The van der Waals surface area contributed by atoms with Gasteiger partial charge in [0.2, 0.25) is 5.91 Å². The van der Waals surface area contributed by atoms with Crippen molar-refractivity contribution in [2.45, 2.75) is 12.5 Å². The summed E-state index contributed by atoms with van der Waals surface area (Å²) >= 11 is 0.